The molecular weight excluding hydrogens is 379 g/mol. The number of rotatable bonds is 8. The third-order valence-electron chi connectivity index (χ3n) is 5.06. The first-order chi connectivity index (χ1) is 14.4. The Morgan fingerprint density at radius 1 is 1.13 bits per heavy atom. The molecule has 0 aliphatic heterocycles. The predicted molar refractivity (Wildman–Crippen MR) is 119 cm³/mol. The molecule has 0 saturated carbocycles. The number of aryl methyl sites for hydroxylation is 1. The van der Waals surface area contributed by atoms with Gasteiger partial charge in [-0.3, -0.25) is 9.59 Å². The highest BCUT2D eigenvalue weighted by Crippen LogP contribution is 2.23. The first kappa shape index (κ1) is 21.5. The molecule has 156 valence electrons. The first-order valence-corrected chi connectivity index (χ1v) is 10.3. The molecule has 0 fully saturated rings. The molecule has 5 heteroatoms. The van der Waals surface area contributed by atoms with Crippen molar-refractivity contribution in [2.45, 2.75) is 39.8 Å². The smallest absolute Gasteiger partial charge is 0.247 e. The minimum absolute atomic E-state index is 0.0953. The maximum Gasteiger partial charge on any atom is 0.247 e. The Morgan fingerprint density at radius 2 is 1.90 bits per heavy atom. The van der Waals surface area contributed by atoms with E-state index in [1.165, 1.54) is 29.2 Å². The third kappa shape index (κ3) is 4.85. The normalized spacial score (nSPS) is 11.5. The number of carbonyl (C=O) groups excluding carboxylic acids is 2. The van der Waals surface area contributed by atoms with E-state index in [9.17, 15) is 14.0 Å². The van der Waals surface area contributed by atoms with Crippen molar-refractivity contribution in [2.24, 2.45) is 0 Å². The van der Waals surface area contributed by atoms with Gasteiger partial charge in [-0.2, -0.15) is 0 Å². The zero-order valence-electron chi connectivity index (χ0n) is 17.6. The second-order valence-corrected chi connectivity index (χ2v) is 7.62. The summed E-state index contributed by atoms with van der Waals surface area (Å²) in [5.41, 5.74) is 2.36. The van der Waals surface area contributed by atoms with Gasteiger partial charge >= 0.3 is 0 Å². The SMILES string of the molecule is CCCn1cc(/C=C/C(=O)N(CC(=O)c2cccc(F)c2)C(C)C)c2ccccc21. The van der Waals surface area contributed by atoms with Crippen LogP contribution < -0.4 is 0 Å². The van der Waals surface area contributed by atoms with E-state index in [1.54, 1.807) is 12.1 Å². The molecular formula is C25H27FN2O2. The van der Waals surface area contributed by atoms with Crippen molar-refractivity contribution in [1.82, 2.24) is 9.47 Å². The molecule has 3 rings (SSSR count). The number of ketones is 1. The van der Waals surface area contributed by atoms with Gasteiger partial charge in [-0.15, -0.1) is 0 Å². The molecule has 2 aromatic carbocycles. The van der Waals surface area contributed by atoms with Gasteiger partial charge in [0.15, 0.2) is 5.78 Å². The van der Waals surface area contributed by atoms with Crippen LogP contribution in [0.1, 0.15) is 43.1 Å². The van der Waals surface area contributed by atoms with Crippen LogP contribution in [0.15, 0.2) is 60.8 Å². The molecule has 0 atom stereocenters. The van der Waals surface area contributed by atoms with Crippen molar-refractivity contribution < 1.29 is 14.0 Å². The van der Waals surface area contributed by atoms with E-state index in [0.29, 0.717) is 0 Å². The van der Waals surface area contributed by atoms with Crippen molar-refractivity contribution in [3.8, 4) is 0 Å². The number of para-hydroxylation sites is 1. The van der Waals surface area contributed by atoms with Crippen LogP contribution in [0.4, 0.5) is 4.39 Å². The van der Waals surface area contributed by atoms with E-state index >= 15 is 0 Å². The van der Waals surface area contributed by atoms with E-state index in [-0.39, 0.29) is 29.8 Å². The predicted octanol–water partition coefficient (Wildman–Crippen LogP) is 5.32. The standard InChI is InChI=1S/C25H27FN2O2/c1-4-14-27-16-20(22-10-5-6-11-23(22)27)12-13-25(30)28(18(2)3)17-24(29)19-8-7-9-21(26)15-19/h5-13,15-16,18H,4,14,17H2,1-3H3/b13-12+. The highest BCUT2D eigenvalue weighted by atomic mass is 19.1. The second-order valence-electron chi connectivity index (χ2n) is 7.62. The van der Waals surface area contributed by atoms with Gasteiger partial charge in [-0.25, -0.2) is 4.39 Å². The topological polar surface area (TPSA) is 42.3 Å². The molecule has 0 saturated heterocycles. The van der Waals surface area contributed by atoms with Gasteiger partial charge in [0.25, 0.3) is 0 Å². The fraction of sp³-hybridized carbons (Fsp3) is 0.280. The van der Waals surface area contributed by atoms with Crippen LogP contribution in [0.3, 0.4) is 0 Å². The summed E-state index contributed by atoms with van der Waals surface area (Å²) >= 11 is 0. The number of Topliss-reactive ketones (excluding diaryl/α,β-unsaturated/α-hetero) is 1. The molecule has 1 heterocycles. The molecule has 1 amide bonds. The zero-order valence-corrected chi connectivity index (χ0v) is 17.6. The summed E-state index contributed by atoms with van der Waals surface area (Å²) in [7, 11) is 0. The second kappa shape index (κ2) is 9.53. The number of carbonyl (C=O) groups is 2. The van der Waals surface area contributed by atoms with E-state index in [0.717, 1.165) is 29.4 Å². The van der Waals surface area contributed by atoms with Crippen LogP contribution in [-0.2, 0) is 11.3 Å². The average Bonchev–Trinajstić information content (AvgIpc) is 3.08. The fourth-order valence-corrected chi connectivity index (χ4v) is 3.51. The Hall–Kier alpha value is -3.21. The first-order valence-electron chi connectivity index (χ1n) is 10.3. The molecule has 0 aliphatic rings. The Balaban J connectivity index is 1.81. The highest BCUT2D eigenvalue weighted by Gasteiger charge is 2.19. The molecule has 0 bridgehead atoms. The zero-order chi connectivity index (χ0) is 21.7. The quantitative estimate of drug-likeness (QED) is 0.375. The number of halogens is 1. The largest absolute Gasteiger partial charge is 0.347 e. The molecule has 4 nitrogen and oxygen atoms in total. The molecule has 1 aromatic heterocycles. The van der Waals surface area contributed by atoms with E-state index in [2.05, 4.69) is 23.8 Å². The lowest BCUT2D eigenvalue weighted by Gasteiger charge is -2.24. The lowest BCUT2D eigenvalue weighted by atomic mass is 10.1. The Kier molecular flexibility index (Phi) is 6.83. The van der Waals surface area contributed by atoms with Crippen LogP contribution in [0.25, 0.3) is 17.0 Å². The lowest BCUT2D eigenvalue weighted by molar-refractivity contribution is -0.127. The van der Waals surface area contributed by atoms with Crippen molar-refractivity contribution in [1.29, 1.82) is 0 Å². The van der Waals surface area contributed by atoms with Crippen LogP contribution in [0.5, 0.6) is 0 Å². The van der Waals surface area contributed by atoms with Crippen molar-refractivity contribution in [3.05, 3.63) is 77.7 Å². The fourth-order valence-electron chi connectivity index (χ4n) is 3.51. The molecule has 3 aromatic rings. The maximum absolute atomic E-state index is 13.4. The minimum Gasteiger partial charge on any atom is -0.347 e. The Bertz CT molecular complexity index is 1080. The van der Waals surface area contributed by atoms with Crippen LogP contribution >= 0.6 is 0 Å². The van der Waals surface area contributed by atoms with E-state index in [4.69, 9.17) is 0 Å². The average molecular weight is 407 g/mol. The summed E-state index contributed by atoms with van der Waals surface area (Å²) in [4.78, 5) is 26.9. The monoisotopic (exact) mass is 406 g/mol. The Labute approximate surface area is 176 Å². The highest BCUT2D eigenvalue weighted by molar-refractivity contribution is 6.02. The third-order valence-corrected chi connectivity index (χ3v) is 5.06. The van der Waals surface area contributed by atoms with Gasteiger partial charge < -0.3 is 9.47 Å². The van der Waals surface area contributed by atoms with Gasteiger partial charge in [0.2, 0.25) is 5.91 Å². The van der Waals surface area contributed by atoms with Gasteiger partial charge in [-0.1, -0.05) is 37.3 Å². The summed E-state index contributed by atoms with van der Waals surface area (Å²) in [6.45, 7) is 6.66. The van der Waals surface area contributed by atoms with E-state index in [1.807, 2.05) is 32.0 Å². The van der Waals surface area contributed by atoms with Crippen molar-refractivity contribution >= 4 is 28.7 Å². The lowest BCUT2D eigenvalue weighted by Crippen LogP contribution is -2.39. The van der Waals surface area contributed by atoms with Crippen molar-refractivity contribution in [2.75, 3.05) is 6.54 Å². The minimum atomic E-state index is -0.466. The number of amides is 1. The Morgan fingerprint density at radius 3 is 2.60 bits per heavy atom. The molecule has 0 aliphatic carbocycles. The maximum atomic E-state index is 13.4. The van der Waals surface area contributed by atoms with Gasteiger partial charge in [0.05, 0.1) is 6.54 Å². The summed E-state index contributed by atoms with van der Waals surface area (Å²) < 4.78 is 15.6. The molecule has 0 spiro atoms. The number of aromatic nitrogens is 1. The van der Waals surface area contributed by atoms with Crippen LogP contribution in [-0.4, -0.2) is 33.7 Å². The summed E-state index contributed by atoms with van der Waals surface area (Å²) in [6.07, 6.45) is 6.38. The van der Waals surface area contributed by atoms with Gasteiger partial charge in [-0.05, 0) is 44.5 Å². The van der Waals surface area contributed by atoms with Crippen molar-refractivity contribution in [3.63, 3.8) is 0 Å². The van der Waals surface area contributed by atoms with Gasteiger partial charge in [0.1, 0.15) is 5.82 Å². The molecule has 0 unspecified atom stereocenters. The van der Waals surface area contributed by atoms with Crippen LogP contribution in [0.2, 0.25) is 0 Å². The summed E-state index contributed by atoms with van der Waals surface area (Å²) in [5, 5.41) is 1.09. The molecule has 0 N–H and O–H groups in total. The van der Waals surface area contributed by atoms with E-state index < -0.39 is 5.82 Å². The number of benzene rings is 2. The summed E-state index contributed by atoms with van der Waals surface area (Å²) in [6, 6.07) is 13.5. The molecule has 0 radical (unpaired) electrons. The number of hydrogen-bond acceptors (Lipinski definition) is 2. The number of fused-ring (bicyclic) bond motifs is 1. The van der Waals surface area contributed by atoms with Crippen LogP contribution in [0, 0.1) is 5.82 Å². The number of nitrogens with zero attached hydrogens (tertiary/aromatic N) is 2. The van der Waals surface area contributed by atoms with Gasteiger partial charge in [0, 0.05) is 46.9 Å². The molecule has 30 heavy (non-hydrogen) atoms. The number of hydrogen-bond donors (Lipinski definition) is 0. The summed E-state index contributed by atoms with van der Waals surface area (Å²) in [5.74, 6) is -1.00.